The van der Waals surface area contributed by atoms with Crippen LogP contribution >= 0.6 is 0 Å². The molecule has 7 nitrogen and oxygen atoms in total. The Hall–Kier alpha value is -1.63. The predicted octanol–water partition coefficient (Wildman–Crippen LogP) is 1.69. The molecule has 4 atom stereocenters. The first-order chi connectivity index (χ1) is 12.4. The molecule has 2 fully saturated rings. The molecular weight excluding hydrogens is 328 g/mol. The summed E-state index contributed by atoms with van der Waals surface area (Å²) in [6.45, 7) is 10.7. The second kappa shape index (κ2) is 6.51. The number of aromatic nitrogens is 3. The molecular formula is C19H32N6O. The minimum Gasteiger partial charge on any atom is -0.377 e. The number of aliphatic imine (C=N–C) groups is 1. The van der Waals surface area contributed by atoms with Crippen LogP contribution in [0, 0.1) is 11.3 Å². The Morgan fingerprint density at radius 3 is 2.81 bits per heavy atom. The standard InChI is InChI=1S/C19H32N6O/c1-11(2)17-24-23-14-7-6-12(10-25(14)17)21-18(20-5)22-15-13-8-9-26-16(13)19(15,3)4/h11-13,15-16H,6-10H2,1-5H3,(H2,20,21,22). The van der Waals surface area contributed by atoms with E-state index < -0.39 is 0 Å². The van der Waals surface area contributed by atoms with Crippen LogP contribution in [-0.2, 0) is 17.7 Å². The summed E-state index contributed by atoms with van der Waals surface area (Å²) in [5.74, 6) is 4.09. The number of fused-ring (bicyclic) bond motifs is 2. The Balaban J connectivity index is 1.41. The zero-order chi connectivity index (χ0) is 18.5. The van der Waals surface area contributed by atoms with E-state index in [1.54, 1.807) is 0 Å². The Morgan fingerprint density at radius 2 is 2.08 bits per heavy atom. The van der Waals surface area contributed by atoms with E-state index in [0.717, 1.165) is 50.0 Å². The van der Waals surface area contributed by atoms with E-state index in [4.69, 9.17) is 4.74 Å². The van der Waals surface area contributed by atoms with E-state index in [1.165, 1.54) is 0 Å². The molecule has 1 aromatic heterocycles. The largest absolute Gasteiger partial charge is 0.377 e. The highest BCUT2D eigenvalue weighted by molar-refractivity contribution is 5.80. The van der Waals surface area contributed by atoms with Crippen LogP contribution in [0.2, 0.25) is 0 Å². The molecule has 144 valence electrons. The summed E-state index contributed by atoms with van der Waals surface area (Å²) in [7, 11) is 1.86. The molecule has 26 heavy (non-hydrogen) atoms. The van der Waals surface area contributed by atoms with Gasteiger partial charge in [0.1, 0.15) is 11.6 Å². The molecule has 0 bridgehead atoms. The van der Waals surface area contributed by atoms with Gasteiger partial charge in [-0.05, 0) is 12.8 Å². The van der Waals surface area contributed by atoms with Crippen molar-refractivity contribution >= 4 is 5.96 Å². The number of rotatable bonds is 3. The van der Waals surface area contributed by atoms with Gasteiger partial charge in [0.25, 0.3) is 0 Å². The van der Waals surface area contributed by atoms with Gasteiger partial charge in [0.15, 0.2) is 5.96 Å². The van der Waals surface area contributed by atoms with Gasteiger partial charge in [-0.25, -0.2) is 0 Å². The van der Waals surface area contributed by atoms with Gasteiger partial charge in [0.05, 0.1) is 6.10 Å². The Labute approximate surface area is 156 Å². The highest BCUT2D eigenvalue weighted by Gasteiger charge is 2.59. The predicted molar refractivity (Wildman–Crippen MR) is 101 cm³/mol. The van der Waals surface area contributed by atoms with Gasteiger partial charge < -0.3 is 19.9 Å². The molecule has 1 aromatic rings. The molecule has 4 unspecified atom stereocenters. The fourth-order valence-corrected chi connectivity index (χ4v) is 5.02. The first-order valence-corrected chi connectivity index (χ1v) is 9.95. The molecule has 1 saturated carbocycles. The van der Waals surface area contributed by atoms with Gasteiger partial charge in [0.2, 0.25) is 0 Å². The topological polar surface area (TPSA) is 76.4 Å². The summed E-state index contributed by atoms with van der Waals surface area (Å²) in [5.41, 5.74) is 0.150. The van der Waals surface area contributed by atoms with Crippen LogP contribution in [0.5, 0.6) is 0 Å². The SMILES string of the molecule is CN=C(NC1CCc2nnc(C(C)C)n2C1)NC1C2CCOC2C1(C)C. The van der Waals surface area contributed by atoms with Gasteiger partial charge in [-0.1, -0.05) is 27.7 Å². The monoisotopic (exact) mass is 360 g/mol. The maximum absolute atomic E-state index is 5.91. The second-order valence-electron chi connectivity index (χ2n) is 8.88. The molecule has 0 radical (unpaired) electrons. The van der Waals surface area contributed by atoms with Crippen molar-refractivity contribution in [2.75, 3.05) is 13.7 Å². The number of ether oxygens (including phenoxy) is 1. The van der Waals surface area contributed by atoms with Crippen molar-refractivity contribution in [3.63, 3.8) is 0 Å². The molecule has 2 aliphatic heterocycles. The lowest BCUT2D eigenvalue weighted by Gasteiger charge is -2.55. The smallest absolute Gasteiger partial charge is 0.191 e. The Bertz CT molecular complexity index is 694. The summed E-state index contributed by atoms with van der Waals surface area (Å²) in [4.78, 5) is 4.50. The van der Waals surface area contributed by atoms with E-state index in [2.05, 4.69) is 58.1 Å². The van der Waals surface area contributed by atoms with Crippen molar-refractivity contribution < 1.29 is 4.74 Å². The molecule has 3 heterocycles. The van der Waals surface area contributed by atoms with Crippen LogP contribution in [0.3, 0.4) is 0 Å². The summed E-state index contributed by atoms with van der Waals surface area (Å²) >= 11 is 0. The van der Waals surface area contributed by atoms with Crippen LogP contribution in [-0.4, -0.2) is 52.6 Å². The average Bonchev–Trinajstić information content (AvgIpc) is 3.23. The zero-order valence-electron chi connectivity index (χ0n) is 16.6. The molecule has 2 N–H and O–H groups in total. The van der Waals surface area contributed by atoms with Crippen LogP contribution in [0.1, 0.15) is 58.1 Å². The van der Waals surface area contributed by atoms with Gasteiger partial charge in [0, 0.05) is 56.0 Å². The number of nitrogens with zero attached hydrogens (tertiary/aromatic N) is 4. The van der Waals surface area contributed by atoms with E-state index in [-0.39, 0.29) is 5.41 Å². The lowest BCUT2D eigenvalue weighted by atomic mass is 9.57. The van der Waals surface area contributed by atoms with E-state index in [0.29, 0.717) is 30.0 Å². The fraction of sp³-hybridized carbons (Fsp3) is 0.842. The second-order valence-corrected chi connectivity index (χ2v) is 8.88. The highest BCUT2D eigenvalue weighted by atomic mass is 16.5. The first-order valence-electron chi connectivity index (χ1n) is 9.95. The molecule has 0 amide bonds. The Kier molecular flexibility index (Phi) is 4.45. The molecule has 1 saturated heterocycles. The lowest BCUT2D eigenvalue weighted by molar-refractivity contribution is -0.106. The maximum atomic E-state index is 5.91. The summed E-state index contributed by atoms with van der Waals surface area (Å²) in [6.07, 6.45) is 3.55. The molecule has 3 aliphatic rings. The highest BCUT2D eigenvalue weighted by Crippen LogP contribution is 2.52. The van der Waals surface area contributed by atoms with Crippen molar-refractivity contribution in [2.24, 2.45) is 16.3 Å². The molecule has 4 rings (SSSR count). The fourth-order valence-electron chi connectivity index (χ4n) is 5.02. The van der Waals surface area contributed by atoms with Gasteiger partial charge in [-0.3, -0.25) is 4.99 Å². The van der Waals surface area contributed by atoms with E-state index in [9.17, 15) is 0 Å². The normalized spacial score (nSPS) is 32.8. The van der Waals surface area contributed by atoms with Gasteiger partial charge >= 0.3 is 0 Å². The van der Waals surface area contributed by atoms with Crippen LogP contribution in [0.15, 0.2) is 4.99 Å². The van der Waals surface area contributed by atoms with E-state index >= 15 is 0 Å². The number of aryl methyl sites for hydroxylation is 1. The minimum absolute atomic E-state index is 0.150. The number of hydrogen-bond donors (Lipinski definition) is 2. The van der Waals surface area contributed by atoms with Crippen molar-refractivity contribution in [3.05, 3.63) is 11.6 Å². The summed E-state index contributed by atoms with van der Waals surface area (Å²) in [6, 6.07) is 0.766. The number of hydrogen-bond acceptors (Lipinski definition) is 4. The number of nitrogens with one attached hydrogen (secondary N) is 2. The minimum atomic E-state index is 0.150. The van der Waals surface area contributed by atoms with Crippen molar-refractivity contribution in [2.45, 2.75) is 77.6 Å². The third kappa shape index (κ3) is 2.80. The Morgan fingerprint density at radius 1 is 1.27 bits per heavy atom. The third-order valence-corrected chi connectivity index (χ3v) is 6.45. The molecule has 0 aromatic carbocycles. The maximum Gasteiger partial charge on any atom is 0.191 e. The van der Waals surface area contributed by atoms with Crippen LogP contribution in [0.4, 0.5) is 0 Å². The van der Waals surface area contributed by atoms with Crippen LogP contribution in [0.25, 0.3) is 0 Å². The van der Waals surface area contributed by atoms with Crippen molar-refractivity contribution in [1.82, 2.24) is 25.4 Å². The quantitative estimate of drug-likeness (QED) is 0.634. The van der Waals surface area contributed by atoms with Crippen molar-refractivity contribution in [1.29, 1.82) is 0 Å². The van der Waals surface area contributed by atoms with Crippen LogP contribution < -0.4 is 10.6 Å². The van der Waals surface area contributed by atoms with Gasteiger partial charge in [-0.15, -0.1) is 10.2 Å². The molecule has 0 spiro atoms. The summed E-state index contributed by atoms with van der Waals surface area (Å²) in [5, 5.41) is 16.1. The van der Waals surface area contributed by atoms with Gasteiger partial charge in [-0.2, -0.15) is 0 Å². The zero-order valence-corrected chi connectivity index (χ0v) is 16.6. The molecule has 1 aliphatic carbocycles. The lowest BCUT2D eigenvalue weighted by Crippen LogP contribution is -2.68. The third-order valence-electron chi connectivity index (χ3n) is 6.45. The van der Waals surface area contributed by atoms with E-state index in [1.807, 2.05) is 7.05 Å². The average molecular weight is 361 g/mol. The van der Waals surface area contributed by atoms with Crippen molar-refractivity contribution in [3.8, 4) is 0 Å². The first kappa shape index (κ1) is 17.8. The number of guanidine groups is 1. The summed E-state index contributed by atoms with van der Waals surface area (Å²) < 4.78 is 8.20. The molecule has 7 heteroatoms.